The summed E-state index contributed by atoms with van der Waals surface area (Å²) >= 11 is 0. The number of hydrogen-bond acceptors (Lipinski definition) is 0. The molecule has 3 fully saturated rings. The van der Waals surface area contributed by atoms with E-state index in [1.807, 2.05) is 0 Å². The van der Waals surface area contributed by atoms with Gasteiger partial charge in [0, 0.05) is 0 Å². The van der Waals surface area contributed by atoms with Crippen LogP contribution in [0.25, 0.3) is 0 Å². The minimum Gasteiger partial charge on any atom is -0.0654 e. The van der Waals surface area contributed by atoms with Crippen LogP contribution in [0.1, 0.15) is 179 Å². The summed E-state index contributed by atoms with van der Waals surface area (Å²) in [5.41, 5.74) is 3.22. The van der Waals surface area contributed by atoms with Gasteiger partial charge in [0.05, 0.1) is 0 Å². The SMILES string of the molecule is CCCCC[C@H]1CC[C@H](CC[C@H]2CC[C@H](CCc3ccc([C@H]4CC[C@H](CCCCC)CC4)cc3)CC2)CC1. The van der Waals surface area contributed by atoms with E-state index in [1.54, 1.807) is 49.7 Å². The predicted molar refractivity (Wildman–Crippen MR) is 168 cm³/mol. The summed E-state index contributed by atoms with van der Waals surface area (Å²) in [6.45, 7) is 4.66. The molecule has 0 amide bonds. The maximum Gasteiger partial charge on any atom is -0.0162 e. The van der Waals surface area contributed by atoms with Gasteiger partial charge in [-0.2, -0.15) is 0 Å². The highest BCUT2D eigenvalue weighted by molar-refractivity contribution is 5.26. The zero-order chi connectivity index (χ0) is 26.4. The second kappa shape index (κ2) is 17.1. The fraction of sp³-hybridized carbons (Fsp3) is 0.842. The molecule has 0 radical (unpaired) electrons. The van der Waals surface area contributed by atoms with E-state index in [1.165, 1.54) is 116 Å². The molecule has 0 aromatic heterocycles. The van der Waals surface area contributed by atoms with Crippen molar-refractivity contribution in [3.63, 3.8) is 0 Å². The molecule has 4 rings (SSSR count). The molecule has 0 spiro atoms. The molecule has 1 aromatic carbocycles. The molecule has 0 N–H and O–H groups in total. The molecule has 216 valence electrons. The summed E-state index contributed by atoms with van der Waals surface area (Å²) in [4.78, 5) is 0. The van der Waals surface area contributed by atoms with Gasteiger partial charge in [0.2, 0.25) is 0 Å². The summed E-state index contributed by atoms with van der Waals surface area (Å²) in [7, 11) is 0. The third-order valence-corrected chi connectivity index (χ3v) is 11.5. The topological polar surface area (TPSA) is 0 Å². The van der Waals surface area contributed by atoms with Crippen LogP contribution in [0.5, 0.6) is 0 Å². The Morgan fingerprint density at radius 3 is 1.29 bits per heavy atom. The second-order valence-corrected chi connectivity index (χ2v) is 14.3. The van der Waals surface area contributed by atoms with E-state index < -0.39 is 0 Å². The fourth-order valence-electron chi connectivity index (χ4n) is 8.57. The van der Waals surface area contributed by atoms with Gasteiger partial charge in [-0.1, -0.05) is 154 Å². The normalized spacial score (nSPS) is 30.4. The number of unbranched alkanes of at least 4 members (excludes halogenated alkanes) is 4. The lowest BCUT2D eigenvalue weighted by Gasteiger charge is -2.32. The summed E-state index contributed by atoms with van der Waals surface area (Å²) in [6.07, 6.45) is 35.5. The average Bonchev–Trinajstić information content (AvgIpc) is 2.97. The zero-order valence-electron chi connectivity index (χ0n) is 25.7. The van der Waals surface area contributed by atoms with Gasteiger partial charge < -0.3 is 0 Å². The summed E-state index contributed by atoms with van der Waals surface area (Å²) in [6, 6.07) is 9.94. The average molecular weight is 521 g/mol. The number of rotatable bonds is 15. The van der Waals surface area contributed by atoms with Gasteiger partial charge in [0.15, 0.2) is 0 Å². The molecule has 0 aliphatic heterocycles. The van der Waals surface area contributed by atoms with Crippen LogP contribution in [0, 0.1) is 29.6 Å². The third kappa shape index (κ3) is 10.3. The summed E-state index contributed by atoms with van der Waals surface area (Å²) in [5, 5.41) is 0. The minimum absolute atomic E-state index is 0.836. The maximum atomic E-state index is 2.49. The second-order valence-electron chi connectivity index (χ2n) is 14.3. The molecule has 0 heteroatoms. The Hall–Kier alpha value is -0.780. The maximum absolute atomic E-state index is 2.49. The van der Waals surface area contributed by atoms with Crippen LogP contribution in [-0.4, -0.2) is 0 Å². The molecule has 0 nitrogen and oxygen atoms in total. The Bertz CT molecular complexity index is 707. The highest BCUT2D eigenvalue weighted by Gasteiger charge is 2.25. The molecule has 0 bridgehead atoms. The van der Waals surface area contributed by atoms with Crippen molar-refractivity contribution < 1.29 is 0 Å². The molecule has 38 heavy (non-hydrogen) atoms. The summed E-state index contributed by atoms with van der Waals surface area (Å²) in [5.74, 6) is 6.04. The van der Waals surface area contributed by atoms with E-state index in [2.05, 4.69) is 38.1 Å². The van der Waals surface area contributed by atoms with Gasteiger partial charge in [-0.05, 0) is 85.2 Å². The smallest absolute Gasteiger partial charge is 0.0162 e. The molecular formula is C38H64. The standard InChI is InChI=1S/C38H64/c1-3-5-7-9-31-11-13-33(14-12-31)15-16-34-17-19-35(20-18-34)21-22-36-25-29-38(30-26-36)37-27-23-32(24-28-37)10-8-6-4-2/h25-26,29-35,37H,3-24,27-28H2,1-2H3/t31-,32-,33-,34-,35-,37-. The Kier molecular flexibility index (Phi) is 13.6. The lowest BCUT2D eigenvalue weighted by molar-refractivity contribution is 0.208. The van der Waals surface area contributed by atoms with Crippen molar-refractivity contribution in [1.29, 1.82) is 0 Å². The monoisotopic (exact) mass is 521 g/mol. The van der Waals surface area contributed by atoms with Crippen molar-refractivity contribution in [2.45, 2.75) is 174 Å². The first-order chi connectivity index (χ1) is 18.7. The van der Waals surface area contributed by atoms with E-state index in [-0.39, 0.29) is 0 Å². The van der Waals surface area contributed by atoms with Crippen molar-refractivity contribution in [1.82, 2.24) is 0 Å². The fourth-order valence-corrected chi connectivity index (χ4v) is 8.57. The van der Waals surface area contributed by atoms with E-state index in [0.29, 0.717) is 0 Å². The van der Waals surface area contributed by atoms with E-state index in [4.69, 9.17) is 0 Å². The van der Waals surface area contributed by atoms with Crippen molar-refractivity contribution >= 4 is 0 Å². The first-order valence-electron chi connectivity index (χ1n) is 17.8. The first-order valence-corrected chi connectivity index (χ1v) is 17.8. The molecule has 3 aliphatic rings. The first kappa shape index (κ1) is 30.2. The Balaban J connectivity index is 1.05. The van der Waals surface area contributed by atoms with E-state index in [0.717, 1.165) is 35.5 Å². The Labute approximate surface area is 238 Å². The lowest BCUT2D eigenvalue weighted by atomic mass is 9.74. The van der Waals surface area contributed by atoms with Crippen LogP contribution in [-0.2, 0) is 6.42 Å². The van der Waals surface area contributed by atoms with Gasteiger partial charge in [-0.15, -0.1) is 0 Å². The van der Waals surface area contributed by atoms with Gasteiger partial charge in [-0.25, -0.2) is 0 Å². The number of benzene rings is 1. The molecule has 0 saturated heterocycles. The van der Waals surface area contributed by atoms with Crippen molar-refractivity contribution in [3.8, 4) is 0 Å². The summed E-state index contributed by atoms with van der Waals surface area (Å²) < 4.78 is 0. The minimum atomic E-state index is 0.836. The lowest BCUT2D eigenvalue weighted by Crippen LogP contribution is -2.18. The van der Waals surface area contributed by atoms with Crippen LogP contribution in [0.15, 0.2) is 24.3 Å². The predicted octanol–water partition coefficient (Wildman–Crippen LogP) is 12.4. The van der Waals surface area contributed by atoms with Gasteiger partial charge in [0.25, 0.3) is 0 Å². The van der Waals surface area contributed by atoms with Crippen molar-refractivity contribution in [2.75, 3.05) is 0 Å². The molecule has 3 saturated carbocycles. The van der Waals surface area contributed by atoms with Crippen LogP contribution in [0.2, 0.25) is 0 Å². The highest BCUT2D eigenvalue weighted by Crippen LogP contribution is 2.40. The molecule has 1 aromatic rings. The van der Waals surface area contributed by atoms with E-state index >= 15 is 0 Å². The molecule has 0 heterocycles. The van der Waals surface area contributed by atoms with E-state index in [9.17, 15) is 0 Å². The van der Waals surface area contributed by atoms with Gasteiger partial charge in [-0.3, -0.25) is 0 Å². The molecular weight excluding hydrogens is 456 g/mol. The van der Waals surface area contributed by atoms with Crippen molar-refractivity contribution in [2.24, 2.45) is 29.6 Å². The molecule has 3 aliphatic carbocycles. The van der Waals surface area contributed by atoms with Crippen LogP contribution in [0.3, 0.4) is 0 Å². The molecule has 0 atom stereocenters. The zero-order valence-corrected chi connectivity index (χ0v) is 25.7. The Morgan fingerprint density at radius 2 is 0.842 bits per heavy atom. The van der Waals surface area contributed by atoms with Gasteiger partial charge >= 0.3 is 0 Å². The third-order valence-electron chi connectivity index (χ3n) is 11.5. The number of hydrogen-bond donors (Lipinski definition) is 0. The van der Waals surface area contributed by atoms with Crippen molar-refractivity contribution in [3.05, 3.63) is 35.4 Å². The number of aryl methyl sites for hydroxylation is 1. The van der Waals surface area contributed by atoms with Crippen LogP contribution < -0.4 is 0 Å². The largest absolute Gasteiger partial charge is 0.0654 e. The van der Waals surface area contributed by atoms with Crippen LogP contribution >= 0.6 is 0 Å². The Morgan fingerprint density at radius 1 is 0.447 bits per heavy atom. The van der Waals surface area contributed by atoms with Crippen LogP contribution in [0.4, 0.5) is 0 Å². The highest BCUT2D eigenvalue weighted by atomic mass is 14.3. The quantitative estimate of drug-likeness (QED) is 0.202. The van der Waals surface area contributed by atoms with Gasteiger partial charge in [0.1, 0.15) is 0 Å². The molecule has 0 unspecified atom stereocenters.